The second-order valence-electron chi connectivity index (χ2n) is 5.04. The first-order chi connectivity index (χ1) is 9.04. The molecule has 0 bridgehead atoms. The summed E-state index contributed by atoms with van der Waals surface area (Å²) < 4.78 is 0. The molecule has 2 heterocycles. The van der Waals surface area contributed by atoms with E-state index < -0.39 is 5.97 Å². The molecular formula is C14H20N2O2S. The molecule has 104 valence electrons. The Balaban J connectivity index is 1.91. The molecule has 1 N–H and O–H groups in total. The summed E-state index contributed by atoms with van der Waals surface area (Å²) in [4.78, 5) is 17.6. The Morgan fingerprint density at radius 3 is 3.00 bits per heavy atom. The molecule has 1 aromatic heterocycles. The second-order valence-corrected chi connectivity index (χ2v) is 6.24. The van der Waals surface area contributed by atoms with Gasteiger partial charge in [-0.2, -0.15) is 0 Å². The average molecular weight is 280 g/mol. The lowest BCUT2D eigenvalue weighted by molar-refractivity contribution is -0.131. The van der Waals surface area contributed by atoms with Crippen LogP contribution in [0.25, 0.3) is 6.08 Å². The summed E-state index contributed by atoms with van der Waals surface area (Å²) in [5, 5.41) is 8.60. The number of rotatable bonds is 4. The largest absolute Gasteiger partial charge is 0.478 e. The molecular weight excluding hydrogens is 260 g/mol. The summed E-state index contributed by atoms with van der Waals surface area (Å²) in [6.07, 6.45) is 2.84. The number of thiophene rings is 1. The molecule has 0 spiro atoms. The lowest BCUT2D eigenvalue weighted by Crippen LogP contribution is -2.49. The van der Waals surface area contributed by atoms with Crippen molar-refractivity contribution in [3.63, 3.8) is 0 Å². The van der Waals surface area contributed by atoms with Crippen molar-refractivity contribution >= 4 is 23.4 Å². The fraction of sp³-hybridized carbons (Fsp3) is 0.500. The molecule has 1 aliphatic heterocycles. The van der Waals surface area contributed by atoms with Crippen LogP contribution in [0.3, 0.4) is 0 Å². The monoisotopic (exact) mass is 280 g/mol. The van der Waals surface area contributed by atoms with Crippen LogP contribution in [0.1, 0.15) is 16.7 Å². The second kappa shape index (κ2) is 6.32. The van der Waals surface area contributed by atoms with Gasteiger partial charge in [-0.25, -0.2) is 4.79 Å². The third-order valence-corrected chi connectivity index (χ3v) is 4.53. The van der Waals surface area contributed by atoms with Crippen LogP contribution in [0.4, 0.5) is 0 Å². The third kappa shape index (κ3) is 4.16. The van der Waals surface area contributed by atoms with Gasteiger partial charge < -0.3 is 10.0 Å². The summed E-state index contributed by atoms with van der Waals surface area (Å²) in [6.45, 7) is 6.51. The van der Waals surface area contributed by atoms with E-state index in [2.05, 4.69) is 29.8 Å². The van der Waals surface area contributed by atoms with Gasteiger partial charge in [0.05, 0.1) is 0 Å². The van der Waals surface area contributed by atoms with Gasteiger partial charge in [0.15, 0.2) is 0 Å². The van der Waals surface area contributed by atoms with Crippen LogP contribution in [-0.2, 0) is 11.3 Å². The zero-order chi connectivity index (χ0) is 13.8. The van der Waals surface area contributed by atoms with E-state index in [1.54, 1.807) is 17.4 Å². The van der Waals surface area contributed by atoms with Gasteiger partial charge in [0.25, 0.3) is 0 Å². The maximum Gasteiger partial charge on any atom is 0.328 e. The molecule has 1 saturated heterocycles. The van der Waals surface area contributed by atoms with Crippen molar-refractivity contribution in [2.24, 2.45) is 0 Å². The zero-order valence-electron chi connectivity index (χ0n) is 11.4. The van der Waals surface area contributed by atoms with E-state index >= 15 is 0 Å². The van der Waals surface area contributed by atoms with Gasteiger partial charge in [0.1, 0.15) is 0 Å². The number of likely N-dealkylation sites (N-methyl/N-ethyl adjacent to an activating group) is 1. The summed E-state index contributed by atoms with van der Waals surface area (Å²) in [5.41, 5.74) is 0. The van der Waals surface area contributed by atoms with Gasteiger partial charge in [-0.15, -0.1) is 11.3 Å². The number of carboxylic acids is 1. The Morgan fingerprint density at radius 2 is 2.32 bits per heavy atom. The lowest BCUT2D eigenvalue weighted by Gasteiger charge is -2.37. The smallest absolute Gasteiger partial charge is 0.328 e. The molecule has 1 aliphatic rings. The predicted molar refractivity (Wildman–Crippen MR) is 78.4 cm³/mol. The predicted octanol–water partition coefficient (Wildman–Crippen LogP) is 1.98. The van der Waals surface area contributed by atoms with Crippen molar-refractivity contribution in [2.75, 3.05) is 26.7 Å². The van der Waals surface area contributed by atoms with Crippen LogP contribution in [0, 0.1) is 0 Å². The Kier molecular flexibility index (Phi) is 4.74. The summed E-state index contributed by atoms with van der Waals surface area (Å²) in [7, 11) is 2.17. The first-order valence-corrected chi connectivity index (χ1v) is 7.28. The van der Waals surface area contributed by atoms with E-state index in [9.17, 15) is 4.79 Å². The van der Waals surface area contributed by atoms with E-state index in [1.807, 2.05) is 6.07 Å². The number of carbonyl (C=O) groups is 1. The van der Waals surface area contributed by atoms with Gasteiger partial charge in [-0.3, -0.25) is 4.90 Å². The van der Waals surface area contributed by atoms with E-state index in [0.717, 1.165) is 31.1 Å². The van der Waals surface area contributed by atoms with Gasteiger partial charge in [0.2, 0.25) is 0 Å². The van der Waals surface area contributed by atoms with Gasteiger partial charge in [0, 0.05) is 48.1 Å². The summed E-state index contributed by atoms with van der Waals surface area (Å²) >= 11 is 1.67. The highest BCUT2D eigenvalue weighted by molar-refractivity contribution is 7.12. The maximum atomic E-state index is 10.5. The van der Waals surface area contributed by atoms with Crippen molar-refractivity contribution in [1.29, 1.82) is 0 Å². The molecule has 1 unspecified atom stereocenters. The molecule has 1 atom stereocenters. The molecule has 1 aromatic rings. The van der Waals surface area contributed by atoms with Crippen LogP contribution in [0.2, 0.25) is 0 Å². The van der Waals surface area contributed by atoms with Gasteiger partial charge in [-0.1, -0.05) is 0 Å². The molecule has 0 amide bonds. The van der Waals surface area contributed by atoms with Crippen LogP contribution >= 0.6 is 11.3 Å². The molecule has 0 aliphatic carbocycles. The number of hydrogen-bond acceptors (Lipinski definition) is 4. The SMILES string of the molecule is CC1CN(Cc2ccc(C=CC(=O)O)s2)CCN1C. The minimum absolute atomic E-state index is 0.597. The van der Waals surface area contributed by atoms with Crippen LogP contribution in [-0.4, -0.2) is 53.6 Å². The van der Waals surface area contributed by atoms with Crippen LogP contribution in [0.15, 0.2) is 18.2 Å². The topological polar surface area (TPSA) is 43.8 Å². The van der Waals surface area contributed by atoms with Crippen molar-refractivity contribution < 1.29 is 9.90 Å². The Bertz CT molecular complexity index is 470. The quantitative estimate of drug-likeness (QED) is 0.857. The minimum Gasteiger partial charge on any atom is -0.478 e. The normalized spacial score (nSPS) is 22.1. The van der Waals surface area contributed by atoms with Gasteiger partial charge >= 0.3 is 5.97 Å². The average Bonchev–Trinajstić information content (AvgIpc) is 2.79. The molecule has 1 fully saturated rings. The molecule has 2 rings (SSSR count). The summed E-state index contributed by atoms with van der Waals surface area (Å²) in [5.74, 6) is -0.900. The van der Waals surface area contributed by atoms with E-state index in [1.165, 1.54) is 11.0 Å². The van der Waals surface area contributed by atoms with Crippen molar-refractivity contribution in [2.45, 2.75) is 19.5 Å². The van der Waals surface area contributed by atoms with E-state index in [4.69, 9.17) is 5.11 Å². The first kappa shape index (κ1) is 14.2. The number of aliphatic carboxylic acids is 1. The Labute approximate surface area is 118 Å². The van der Waals surface area contributed by atoms with Crippen molar-refractivity contribution in [3.05, 3.63) is 28.0 Å². The van der Waals surface area contributed by atoms with Crippen molar-refractivity contribution in [1.82, 2.24) is 9.80 Å². The van der Waals surface area contributed by atoms with Crippen molar-refractivity contribution in [3.8, 4) is 0 Å². The fourth-order valence-electron chi connectivity index (χ4n) is 2.21. The number of carboxylic acid groups (broad SMARTS) is 1. The first-order valence-electron chi connectivity index (χ1n) is 6.47. The highest BCUT2D eigenvalue weighted by Gasteiger charge is 2.20. The standard InChI is InChI=1S/C14H20N2O2S/c1-11-9-16(8-7-15(11)2)10-13-4-3-12(19-13)5-6-14(17)18/h3-6,11H,7-10H2,1-2H3,(H,17,18). The fourth-order valence-corrected chi connectivity index (χ4v) is 3.17. The lowest BCUT2D eigenvalue weighted by atomic mass is 10.2. The van der Waals surface area contributed by atoms with Crippen LogP contribution in [0.5, 0.6) is 0 Å². The molecule has 0 radical (unpaired) electrons. The number of piperazine rings is 1. The highest BCUT2D eigenvalue weighted by atomic mass is 32.1. The van der Waals surface area contributed by atoms with Gasteiger partial charge in [-0.05, 0) is 32.2 Å². The molecule has 19 heavy (non-hydrogen) atoms. The molecule has 0 aromatic carbocycles. The van der Waals surface area contributed by atoms with Crippen LogP contribution < -0.4 is 0 Å². The zero-order valence-corrected chi connectivity index (χ0v) is 12.2. The molecule has 5 heteroatoms. The maximum absolute atomic E-state index is 10.5. The Hall–Kier alpha value is -1.17. The van der Waals surface area contributed by atoms with E-state index in [-0.39, 0.29) is 0 Å². The Morgan fingerprint density at radius 1 is 1.53 bits per heavy atom. The van der Waals surface area contributed by atoms with E-state index in [0.29, 0.717) is 6.04 Å². The summed E-state index contributed by atoms with van der Waals surface area (Å²) in [6, 6.07) is 4.67. The third-order valence-electron chi connectivity index (χ3n) is 3.50. The highest BCUT2D eigenvalue weighted by Crippen LogP contribution is 2.21. The molecule has 0 saturated carbocycles. The number of hydrogen-bond donors (Lipinski definition) is 1. The molecule has 4 nitrogen and oxygen atoms in total. The minimum atomic E-state index is -0.900. The number of nitrogens with zero attached hydrogens (tertiary/aromatic N) is 2.